The van der Waals surface area contributed by atoms with Crippen molar-refractivity contribution in [1.82, 2.24) is 0 Å². The molecule has 0 aromatic heterocycles. The van der Waals surface area contributed by atoms with Crippen molar-refractivity contribution >= 4 is 11.8 Å². The Morgan fingerprint density at radius 3 is 2.86 bits per heavy atom. The lowest BCUT2D eigenvalue weighted by Gasteiger charge is -2.22. The predicted molar refractivity (Wildman–Crippen MR) is 65.7 cm³/mol. The Kier molecular flexibility index (Phi) is 3.59. The van der Waals surface area contributed by atoms with Gasteiger partial charge in [-0.15, -0.1) is 0 Å². The minimum atomic E-state index is 0.976. The van der Waals surface area contributed by atoms with Gasteiger partial charge in [0, 0.05) is 5.25 Å². The van der Waals surface area contributed by atoms with E-state index in [0.29, 0.717) is 0 Å². The highest BCUT2D eigenvalue weighted by molar-refractivity contribution is 7.99. The highest BCUT2D eigenvalue weighted by Crippen LogP contribution is 2.52. The number of rotatable bonds is 4. The van der Waals surface area contributed by atoms with Crippen molar-refractivity contribution in [2.75, 3.05) is 5.75 Å². The fourth-order valence-corrected chi connectivity index (χ4v) is 4.62. The lowest BCUT2D eigenvalue weighted by Crippen LogP contribution is -2.14. The Balaban J connectivity index is 1.79. The average molecular weight is 210 g/mol. The van der Waals surface area contributed by atoms with Gasteiger partial charge in [-0.25, -0.2) is 0 Å². The highest BCUT2D eigenvalue weighted by atomic mass is 32.2. The quantitative estimate of drug-likeness (QED) is 0.493. The first kappa shape index (κ1) is 10.6. The molecule has 0 N–H and O–H groups in total. The third-order valence-corrected chi connectivity index (χ3v) is 5.38. The van der Waals surface area contributed by atoms with Crippen molar-refractivity contribution in [2.45, 2.75) is 51.2 Å². The molecule has 0 saturated heterocycles. The maximum absolute atomic E-state index is 2.37. The van der Waals surface area contributed by atoms with Crippen LogP contribution in [0.1, 0.15) is 46.0 Å². The van der Waals surface area contributed by atoms with Crippen LogP contribution >= 0.6 is 11.8 Å². The fraction of sp³-hybridized carbons (Fsp3) is 0.846. The van der Waals surface area contributed by atoms with Crippen LogP contribution in [0.25, 0.3) is 0 Å². The SMILES string of the molecule is C/C=C1\CC2CC1CC2SCCCC. The largest absolute Gasteiger partial charge is 0.158 e. The Morgan fingerprint density at radius 1 is 1.43 bits per heavy atom. The van der Waals surface area contributed by atoms with E-state index in [0.717, 1.165) is 17.1 Å². The first-order valence-electron chi connectivity index (χ1n) is 6.11. The van der Waals surface area contributed by atoms with E-state index in [1.54, 1.807) is 5.57 Å². The first-order chi connectivity index (χ1) is 6.85. The molecule has 2 aliphatic rings. The molecule has 2 aliphatic carbocycles. The van der Waals surface area contributed by atoms with Gasteiger partial charge >= 0.3 is 0 Å². The van der Waals surface area contributed by atoms with Gasteiger partial charge in [0.1, 0.15) is 0 Å². The summed E-state index contributed by atoms with van der Waals surface area (Å²) in [6.07, 6.45) is 9.55. The lowest BCUT2D eigenvalue weighted by molar-refractivity contribution is 0.576. The van der Waals surface area contributed by atoms with Crippen LogP contribution in [-0.2, 0) is 0 Å². The summed E-state index contributed by atoms with van der Waals surface area (Å²) in [5.41, 5.74) is 1.77. The van der Waals surface area contributed by atoms with Crippen LogP contribution in [-0.4, -0.2) is 11.0 Å². The number of hydrogen-bond acceptors (Lipinski definition) is 1. The second-order valence-corrected chi connectivity index (χ2v) is 6.11. The van der Waals surface area contributed by atoms with Gasteiger partial charge in [-0.05, 0) is 50.2 Å². The number of thioether (sulfide) groups is 1. The van der Waals surface area contributed by atoms with E-state index in [-0.39, 0.29) is 0 Å². The molecule has 3 unspecified atom stereocenters. The molecule has 14 heavy (non-hydrogen) atoms. The zero-order chi connectivity index (χ0) is 9.97. The number of unbranched alkanes of at least 4 members (excludes halogenated alkanes) is 1. The number of allylic oxidation sites excluding steroid dienone is 2. The molecule has 2 rings (SSSR count). The molecule has 2 bridgehead atoms. The molecule has 0 aromatic carbocycles. The van der Waals surface area contributed by atoms with E-state index < -0.39 is 0 Å². The second-order valence-electron chi connectivity index (χ2n) is 4.76. The number of fused-ring (bicyclic) bond motifs is 2. The third kappa shape index (κ3) is 2.03. The normalized spacial score (nSPS) is 38.4. The molecule has 0 heterocycles. The van der Waals surface area contributed by atoms with Crippen LogP contribution in [0.5, 0.6) is 0 Å². The Hall–Kier alpha value is 0.0900. The summed E-state index contributed by atoms with van der Waals surface area (Å²) in [6, 6.07) is 0. The van der Waals surface area contributed by atoms with Crippen molar-refractivity contribution < 1.29 is 0 Å². The van der Waals surface area contributed by atoms with E-state index >= 15 is 0 Å². The summed E-state index contributed by atoms with van der Waals surface area (Å²) in [5, 5.41) is 1.01. The van der Waals surface area contributed by atoms with Crippen molar-refractivity contribution in [3.8, 4) is 0 Å². The van der Waals surface area contributed by atoms with Gasteiger partial charge in [0.05, 0.1) is 0 Å². The second kappa shape index (κ2) is 4.74. The van der Waals surface area contributed by atoms with Crippen LogP contribution in [0.4, 0.5) is 0 Å². The van der Waals surface area contributed by atoms with E-state index in [9.17, 15) is 0 Å². The summed E-state index contributed by atoms with van der Waals surface area (Å²) in [6.45, 7) is 4.51. The monoisotopic (exact) mass is 210 g/mol. The van der Waals surface area contributed by atoms with Crippen molar-refractivity contribution in [3.63, 3.8) is 0 Å². The molecule has 2 saturated carbocycles. The van der Waals surface area contributed by atoms with Crippen molar-refractivity contribution in [1.29, 1.82) is 0 Å². The minimum Gasteiger partial charge on any atom is -0.158 e. The highest BCUT2D eigenvalue weighted by Gasteiger charge is 2.42. The fourth-order valence-electron chi connectivity index (χ4n) is 3.01. The topological polar surface area (TPSA) is 0 Å². The van der Waals surface area contributed by atoms with Crippen LogP contribution in [0.3, 0.4) is 0 Å². The molecule has 0 radical (unpaired) electrons. The number of hydrogen-bond donors (Lipinski definition) is 0. The van der Waals surface area contributed by atoms with Gasteiger partial charge in [0.2, 0.25) is 0 Å². The molecule has 2 fully saturated rings. The molecular weight excluding hydrogens is 188 g/mol. The van der Waals surface area contributed by atoms with E-state index in [1.165, 1.54) is 37.9 Å². The van der Waals surface area contributed by atoms with Gasteiger partial charge in [-0.3, -0.25) is 0 Å². The first-order valence-corrected chi connectivity index (χ1v) is 7.16. The van der Waals surface area contributed by atoms with Gasteiger partial charge < -0.3 is 0 Å². The summed E-state index contributed by atoms with van der Waals surface area (Å²) in [5.74, 6) is 3.41. The van der Waals surface area contributed by atoms with Crippen LogP contribution in [0.2, 0.25) is 0 Å². The smallest absolute Gasteiger partial charge is 0.00842 e. The van der Waals surface area contributed by atoms with E-state index in [4.69, 9.17) is 0 Å². The molecule has 80 valence electrons. The Morgan fingerprint density at radius 2 is 2.29 bits per heavy atom. The zero-order valence-electron chi connectivity index (χ0n) is 9.46. The molecule has 0 aliphatic heterocycles. The van der Waals surface area contributed by atoms with Gasteiger partial charge in [-0.1, -0.05) is 25.0 Å². The van der Waals surface area contributed by atoms with E-state index in [1.807, 2.05) is 0 Å². The van der Waals surface area contributed by atoms with Crippen LogP contribution < -0.4 is 0 Å². The molecule has 0 aromatic rings. The molecule has 3 atom stereocenters. The Labute approximate surface area is 92.5 Å². The summed E-state index contributed by atoms with van der Waals surface area (Å²) in [4.78, 5) is 0. The van der Waals surface area contributed by atoms with Crippen molar-refractivity contribution in [3.05, 3.63) is 11.6 Å². The molecule has 0 amide bonds. The summed E-state index contributed by atoms with van der Waals surface area (Å²) >= 11 is 2.26. The molecular formula is C13H22S. The molecule has 0 nitrogen and oxygen atoms in total. The summed E-state index contributed by atoms with van der Waals surface area (Å²) < 4.78 is 0. The molecule has 0 spiro atoms. The standard InChI is InChI=1S/C13H22S/c1-3-5-6-14-13-9-11-8-12(13)7-10(11)4-2/h4,11-13H,3,5-9H2,1-2H3/b10-4+. The van der Waals surface area contributed by atoms with Crippen LogP contribution in [0.15, 0.2) is 11.6 Å². The third-order valence-electron chi connectivity index (χ3n) is 3.85. The summed E-state index contributed by atoms with van der Waals surface area (Å²) in [7, 11) is 0. The molecule has 1 heteroatoms. The van der Waals surface area contributed by atoms with Crippen molar-refractivity contribution in [2.24, 2.45) is 11.8 Å². The Bertz CT molecular complexity index is 219. The zero-order valence-corrected chi connectivity index (χ0v) is 10.3. The van der Waals surface area contributed by atoms with Gasteiger partial charge in [0.25, 0.3) is 0 Å². The minimum absolute atomic E-state index is 0.976. The van der Waals surface area contributed by atoms with Crippen LogP contribution in [0, 0.1) is 11.8 Å². The lowest BCUT2D eigenvalue weighted by atomic mass is 9.94. The predicted octanol–water partition coefficient (Wildman–Crippen LogP) is 4.26. The maximum atomic E-state index is 2.37. The van der Waals surface area contributed by atoms with Gasteiger partial charge in [0.15, 0.2) is 0 Å². The average Bonchev–Trinajstić information content (AvgIpc) is 2.76. The van der Waals surface area contributed by atoms with Gasteiger partial charge in [-0.2, -0.15) is 11.8 Å². The van der Waals surface area contributed by atoms with E-state index in [2.05, 4.69) is 31.7 Å². The maximum Gasteiger partial charge on any atom is 0.00842 e.